The molecule has 2 fully saturated rings. The van der Waals surface area contributed by atoms with Crippen molar-refractivity contribution in [3.05, 3.63) is 71.8 Å². The Labute approximate surface area is 167 Å². The molecule has 0 heterocycles. The summed E-state index contributed by atoms with van der Waals surface area (Å²) in [6, 6.07) is 19.5. The van der Waals surface area contributed by atoms with Gasteiger partial charge in [-0.25, -0.2) is 0 Å². The normalized spacial score (nSPS) is 36.0. The molecule has 2 aromatic carbocycles. The van der Waals surface area contributed by atoms with Gasteiger partial charge in [-0.2, -0.15) is 0 Å². The van der Waals surface area contributed by atoms with Crippen LogP contribution < -0.4 is 0 Å². The molecule has 2 N–H and O–H groups in total. The lowest BCUT2D eigenvalue weighted by Gasteiger charge is -2.45. The first-order chi connectivity index (χ1) is 13.3. The molecule has 0 aliphatic heterocycles. The van der Waals surface area contributed by atoms with E-state index in [0.717, 1.165) is 11.1 Å². The highest BCUT2D eigenvalue weighted by Gasteiger charge is 2.72. The van der Waals surface area contributed by atoms with Gasteiger partial charge in [-0.3, -0.25) is 0 Å². The van der Waals surface area contributed by atoms with Crippen LogP contribution in [-0.4, -0.2) is 21.4 Å². The van der Waals surface area contributed by atoms with Gasteiger partial charge < -0.3 is 10.2 Å². The fourth-order valence-electron chi connectivity index (χ4n) is 5.09. The molecule has 4 atom stereocenters. The van der Waals surface area contributed by atoms with Crippen molar-refractivity contribution >= 4 is 0 Å². The third kappa shape index (κ3) is 2.68. The smallest absolute Gasteiger partial charge is 0.131 e. The van der Waals surface area contributed by atoms with E-state index < -0.39 is 22.0 Å². The molecule has 0 radical (unpaired) electrons. The van der Waals surface area contributed by atoms with E-state index in [0.29, 0.717) is 25.7 Å². The Hall–Kier alpha value is -2.52. The zero-order valence-electron chi connectivity index (χ0n) is 16.5. The molecule has 4 rings (SSSR count). The first-order valence-electron chi connectivity index (χ1n) is 9.93. The van der Waals surface area contributed by atoms with Gasteiger partial charge >= 0.3 is 0 Å². The number of rotatable bonds is 0. The predicted octanol–water partition coefficient (Wildman–Crippen LogP) is 4.15. The number of aliphatic hydroxyl groups is 2. The lowest BCUT2D eigenvalue weighted by atomic mass is 9.61. The molecule has 0 aromatic heterocycles. The Morgan fingerprint density at radius 1 is 0.607 bits per heavy atom. The Balaban J connectivity index is 1.68. The minimum Gasteiger partial charge on any atom is -0.377 e. The quantitative estimate of drug-likeness (QED) is 0.684. The van der Waals surface area contributed by atoms with Crippen molar-refractivity contribution in [2.45, 2.75) is 50.7 Å². The molecule has 2 aromatic rings. The summed E-state index contributed by atoms with van der Waals surface area (Å²) >= 11 is 0. The first-order valence-corrected chi connectivity index (χ1v) is 9.93. The van der Waals surface area contributed by atoms with Gasteiger partial charge in [0.15, 0.2) is 0 Å². The average molecular weight is 370 g/mol. The van der Waals surface area contributed by atoms with E-state index in [4.69, 9.17) is 0 Å². The van der Waals surface area contributed by atoms with Crippen LogP contribution in [0.4, 0.5) is 0 Å². The SMILES string of the molecule is C[C@]12CC[C@](O)(C#Cc3ccccc3)[C@@]1(C)CC[C@]2(O)C#Cc1ccccc1. The highest BCUT2D eigenvalue weighted by atomic mass is 16.3. The van der Waals surface area contributed by atoms with Crippen molar-refractivity contribution in [2.24, 2.45) is 10.8 Å². The summed E-state index contributed by atoms with van der Waals surface area (Å²) in [5.41, 5.74) is -1.49. The van der Waals surface area contributed by atoms with Gasteiger partial charge in [0.05, 0.1) is 0 Å². The molecule has 2 aliphatic rings. The number of hydrogen-bond acceptors (Lipinski definition) is 2. The van der Waals surface area contributed by atoms with Crippen molar-refractivity contribution in [3.63, 3.8) is 0 Å². The summed E-state index contributed by atoms with van der Waals surface area (Å²) in [4.78, 5) is 0. The molecule has 0 saturated heterocycles. The zero-order valence-corrected chi connectivity index (χ0v) is 16.5. The Morgan fingerprint density at radius 2 is 0.964 bits per heavy atom. The molecule has 2 aliphatic carbocycles. The lowest BCUT2D eigenvalue weighted by Crippen LogP contribution is -2.51. The Morgan fingerprint density at radius 3 is 1.32 bits per heavy atom. The molecular weight excluding hydrogens is 344 g/mol. The van der Waals surface area contributed by atoms with E-state index in [9.17, 15) is 10.2 Å². The largest absolute Gasteiger partial charge is 0.377 e. The van der Waals surface area contributed by atoms with Crippen molar-refractivity contribution in [2.75, 3.05) is 0 Å². The zero-order chi connectivity index (χ0) is 19.9. The summed E-state index contributed by atoms with van der Waals surface area (Å²) in [5, 5.41) is 23.1. The maximum absolute atomic E-state index is 11.5. The van der Waals surface area contributed by atoms with Gasteiger partial charge in [-0.15, -0.1) is 0 Å². The van der Waals surface area contributed by atoms with Crippen molar-refractivity contribution < 1.29 is 10.2 Å². The number of hydrogen-bond donors (Lipinski definition) is 2. The third-order valence-electron chi connectivity index (χ3n) is 7.39. The second kappa shape index (κ2) is 6.52. The van der Waals surface area contributed by atoms with E-state index in [-0.39, 0.29) is 0 Å². The van der Waals surface area contributed by atoms with E-state index in [1.54, 1.807) is 0 Å². The standard InChI is InChI=1S/C26H26O2/c1-23-17-19-26(28,16-14-22-11-7-4-8-12-22)24(23,2)18-20-25(23,27)15-13-21-9-5-3-6-10-21/h3-12,27-28H,17-20H2,1-2H3/t23-,24-,25+,26+/m0/s1. The van der Waals surface area contributed by atoms with Crippen LogP contribution in [0.5, 0.6) is 0 Å². The van der Waals surface area contributed by atoms with Gasteiger partial charge in [0.25, 0.3) is 0 Å². The van der Waals surface area contributed by atoms with Crippen molar-refractivity contribution in [1.82, 2.24) is 0 Å². The topological polar surface area (TPSA) is 40.5 Å². The fourth-order valence-corrected chi connectivity index (χ4v) is 5.09. The van der Waals surface area contributed by atoms with Crippen molar-refractivity contribution in [1.29, 1.82) is 0 Å². The van der Waals surface area contributed by atoms with Gasteiger partial charge in [0.2, 0.25) is 0 Å². The van der Waals surface area contributed by atoms with Gasteiger partial charge in [0, 0.05) is 22.0 Å². The third-order valence-corrected chi connectivity index (χ3v) is 7.39. The Kier molecular flexibility index (Phi) is 4.39. The minimum absolute atomic E-state index is 0.512. The second-order valence-electron chi connectivity index (χ2n) is 8.62. The molecular formula is C26H26O2. The van der Waals surface area contributed by atoms with Crippen LogP contribution in [0.1, 0.15) is 50.7 Å². The molecule has 142 valence electrons. The summed E-state index contributed by atoms with van der Waals surface area (Å²) in [7, 11) is 0. The monoisotopic (exact) mass is 370 g/mol. The van der Waals surface area contributed by atoms with Crippen LogP contribution in [0.3, 0.4) is 0 Å². The fraction of sp³-hybridized carbons (Fsp3) is 0.385. The first kappa shape index (κ1) is 18.8. The highest BCUT2D eigenvalue weighted by molar-refractivity contribution is 5.43. The number of benzene rings is 2. The van der Waals surface area contributed by atoms with Gasteiger partial charge in [0.1, 0.15) is 11.2 Å². The number of fused-ring (bicyclic) bond motifs is 1. The predicted molar refractivity (Wildman–Crippen MR) is 111 cm³/mol. The molecule has 0 amide bonds. The van der Waals surface area contributed by atoms with Crippen LogP contribution in [0, 0.1) is 34.5 Å². The van der Waals surface area contributed by atoms with Crippen molar-refractivity contribution in [3.8, 4) is 23.7 Å². The molecule has 2 nitrogen and oxygen atoms in total. The Bertz CT molecular complexity index is 907. The molecule has 0 spiro atoms. The molecule has 28 heavy (non-hydrogen) atoms. The summed E-state index contributed by atoms with van der Waals surface area (Å²) in [6.45, 7) is 4.14. The lowest BCUT2D eigenvalue weighted by molar-refractivity contribution is -0.0838. The van der Waals surface area contributed by atoms with E-state index in [1.165, 1.54) is 0 Å². The van der Waals surface area contributed by atoms with Crippen LogP contribution in [-0.2, 0) is 0 Å². The van der Waals surface area contributed by atoms with E-state index in [1.807, 2.05) is 60.7 Å². The minimum atomic E-state index is -1.13. The summed E-state index contributed by atoms with van der Waals surface area (Å²) < 4.78 is 0. The van der Waals surface area contributed by atoms with Gasteiger partial charge in [-0.1, -0.05) is 73.9 Å². The van der Waals surface area contributed by atoms with Crippen LogP contribution >= 0.6 is 0 Å². The van der Waals surface area contributed by atoms with Crippen LogP contribution in [0.25, 0.3) is 0 Å². The van der Waals surface area contributed by atoms with Crippen LogP contribution in [0.2, 0.25) is 0 Å². The highest BCUT2D eigenvalue weighted by Crippen LogP contribution is 2.69. The van der Waals surface area contributed by atoms with E-state index in [2.05, 4.69) is 37.5 Å². The maximum Gasteiger partial charge on any atom is 0.131 e. The van der Waals surface area contributed by atoms with E-state index >= 15 is 0 Å². The molecule has 0 bridgehead atoms. The molecule has 2 heteroatoms. The summed E-state index contributed by atoms with van der Waals surface area (Å²) in [5.74, 6) is 12.6. The second-order valence-corrected chi connectivity index (χ2v) is 8.62. The average Bonchev–Trinajstić information content (AvgIpc) is 3.06. The van der Waals surface area contributed by atoms with Gasteiger partial charge in [-0.05, 0) is 49.9 Å². The maximum atomic E-state index is 11.5. The van der Waals surface area contributed by atoms with Crippen LogP contribution in [0.15, 0.2) is 60.7 Å². The summed E-state index contributed by atoms with van der Waals surface area (Å²) in [6.07, 6.45) is 2.50. The molecule has 0 unspecified atom stereocenters. The molecule has 2 saturated carbocycles.